The molecule has 7 nitrogen and oxygen atoms in total. The summed E-state index contributed by atoms with van der Waals surface area (Å²) in [6.07, 6.45) is 5.47. The van der Waals surface area contributed by atoms with Crippen LogP contribution in [0.1, 0.15) is 49.9 Å². The molecule has 2 aromatic heterocycles. The number of nitrogens with zero attached hydrogens (tertiary/aromatic N) is 5. The van der Waals surface area contributed by atoms with Gasteiger partial charge in [-0.1, -0.05) is 13.8 Å². The molecule has 22 heavy (non-hydrogen) atoms. The number of nitrogens with one attached hydrogen (secondary N) is 1. The van der Waals surface area contributed by atoms with Crippen LogP contribution in [0.5, 0.6) is 0 Å². The van der Waals surface area contributed by atoms with E-state index in [0.717, 1.165) is 23.8 Å². The molecule has 2 heterocycles. The van der Waals surface area contributed by atoms with E-state index < -0.39 is 0 Å². The van der Waals surface area contributed by atoms with Crippen molar-refractivity contribution >= 4 is 0 Å². The standard InChI is InChI=1S/C15H24N6O/c1-11(2)14-17-8-13(9-18-14)7-16-12(3)15-20-19-10-21(15)5-6-22-4/h8-12,16H,5-7H2,1-4H3. The molecule has 0 amide bonds. The average molecular weight is 304 g/mol. The molecule has 120 valence electrons. The van der Waals surface area contributed by atoms with Crippen molar-refractivity contribution in [3.05, 3.63) is 35.9 Å². The van der Waals surface area contributed by atoms with E-state index in [9.17, 15) is 0 Å². The molecule has 1 unspecified atom stereocenters. The van der Waals surface area contributed by atoms with Gasteiger partial charge in [0.15, 0.2) is 0 Å². The highest BCUT2D eigenvalue weighted by Gasteiger charge is 2.12. The molecule has 0 fully saturated rings. The van der Waals surface area contributed by atoms with Gasteiger partial charge in [0.1, 0.15) is 18.0 Å². The summed E-state index contributed by atoms with van der Waals surface area (Å²) in [5.41, 5.74) is 1.05. The van der Waals surface area contributed by atoms with Crippen molar-refractivity contribution < 1.29 is 4.74 Å². The summed E-state index contributed by atoms with van der Waals surface area (Å²) in [7, 11) is 1.69. The van der Waals surface area contributed by atoms with Crippen molar-refractivity contribution in [1.82, 2.24) is 30.0 Å². The molecule has 7 heteroatoms. The van der Waals surface area contributed by atoms with Crippen molar-refractivity contribution in [3.63, 3.8) is 0 Å². The molecule has 0 aliphatic rings. The first-order valence-electron chi connectivity index (χ1n) is 7.52. The van der Waals surface area contributed by atoms with Crippen LogP contribution in [0.4, 0.5) is 0 Å². The quantitative estimate of drug-likeness (QED) is 0.799. The van der Waals surface area contributed by atoms with E-state index in [0.29, 0.717) is 19.1 Å². The highest BCUT2D eigenvalue weighted by molar-refractivity contribution is 5.07. The van der Waals surface area contributed by atoms with Gasteiger partial charge < -0.3 is 14.6 Å². The summed E-state index contributed by atoms with van der Waals surface area (Å²) in [5, 5.41) is 11.6. The Morgan fingerprint density at radius 3 is 2.59 bits per heavy atom. The Bertz CT molecular complexity index is 566. The van der Waals surface area contributed by atoms with Gasteiger partial charge in [0.05, 0.1) is 12.6 Å². The third-order valence-corrected chi connectivity index (χ3v) is 3.42. The molecule has 0 aliphatic heterocycles. The second kappa shape index (κ2) is 7.95. The number of aromatic nitrogens is 5. The first-order chi connectivity index (χ1) is 10.6. The van der Waals surface area contributed by atoms with Crippen molar-refractivity contribution in [3.8, 4) is 0 Å². The Labute approximate surface area is 131 Å². The molecule has 0 radical (unpaired) electrons. The van der Waals surface area contributed by atoms with Gasteiger partial charge in [0, 0.05) is 44.1 Å². The van der Waals surface area contributed by atoms with Gasteiger partial charge in [-0.2, -0.15) is 0 Å². The van der Waals surface area contributed by atoms with Crippen LogP contribution in [-0.4, -0.2) is 38.4 Å². The largest absolute Gasteiger partial charge is 0.383 e. The minimum absolute atomic E-state index is 0.0872. The van der Waals surface area contributed by atoms with E-state index in [-0.39, 0.29) is 6.04 Å². The Balaban J connectivity index is 1.92. The fraction of sp³-hybridized carbons (Fsp3) is 0.600. The first-order valence-corrected chi connectivity index (χ1v) is 7.52. The van der Waals surface area contributed by atoms with Crippen LogP contribution >= 0.6 is 0 Å². The number of hydrogen-bond donors (Lipinski definition) is 1. The maximum atomic E-state index is 5.10. The SMILES string of the molecule is COCCn1cnnc1C(C)NCc1cnc(C(C)C)nc1. The summed E-state index contributed by atoms with van der Waals surface area (Å²) in [6, 6.07) is 0.0872. The van der Waals surface area contributed by atoms with Crippen LogP contribution in [0.15, 0.2) is 18.7 Å². The molecular weight excluding hydrogens is 280 g/mol. The molecule has 1 atom stereocenters. The molecule has 2 rings (SSSR count). The average Bonchev–Trinajstić information content (AvgIpc) is 2.99. The summed E-state index contributed by atoms with van der Waals surface area (Å²) in [4.78, 5) is 8.75. The maximum absolute atomic E-state index is 5.10. The normalized spacial score (nSPS) is 12.8. The summed E-state index contributed by atoms with van der Waals surface area (Å²) in [5.74, 6) is 2.12. The molecule has 0 saturated heterocycles. The van der Waals surface area contributed by atoms with Crippen LogP contribution in [0.25, 0.3) is 0 Å². The fourth-order valence-electron chi connectivity index (χ4n) is 2.08. The van der Waals surface area contributed by atoms with Gasteiger partial charge in [0.25, 0.3) is 0 Å². The number of methoxy groups -OCH3 is 1. The van der Waals surface area contributed by atoms with E-state index in [1.165, 1.54) is 0 Å². The fourth-order valence-corrected chi connectivity index (χ4v) is 2.08. The van der Waals surface area contributed by atoms with Gasteiger partial charge >= 0.3 is 0 Å². The Hall–Kier alpha value is -1.86. The molecule has 1 N–H and O–H groups in total. The molecule has 0 aromatic carbocycles. The molecular formula is C15H24N6O. The molecule has 0 aliphatic carbocycles. The second-order valence-electron chi connectivity index (χ2n) is 5.58. The van der Waals surface area contributed by atoms with E-state index in [1.54, 1.807) is 13.4 Å². The Morgan fingerprint density at radius 2 is 1.95 bits per heavy atom. The molecule has 0 saturated carbocycles. The van der Waals surface area contributed by atoms with Crippen LogP contribution in [0.2, 0.25) is 0 Å². The lowest BCUT2D eigenvalue weighted by Gasteiger charge is -2.14. The van der Waals surface area contributed by atoms with Crippen LogP contribution in [0, 0.1) is 0 Å². The van der Waals surface area contributed by atoms with Gasteiger partial charge in [-0.15, -0.1) is 10.2 Å². The van der Waals surface area contributed by atoms with Gasteiger partial charge in [-0.05, 0) is 6.92 Å². The monoisotopic (exact) mass is 304 g/mol. The van der Waals surface area contributed by atoms with E-state index in [1.807, 2.05) is 17.0 Å². The van der Waals surface area contributed by atoms with E-state index in [4.69, 9.17) is 4.74 Å². The van der Waals surface area contributed by atoms with Gasteiger partial charge in [0.2, 0.25) is 0 Å². The number of rotatable bonds is 8. The van der Waals surface area contributed by atoms with Crippen LogP contribution in [0.3, 0.4) is 0 Å². The zero-order valence-electron chi connectivity index (χ0n) is 13.7. The number of ether oxygens (including phenoxy) is 1. The third-order valence-electron chi connectivity index (χ3n) is 3.42. The Kier molecular flexibility index (Phi) is 5.97. The minimum atomic E-state index is 0.0872. The van der Waals surface area contributed by atoms with Crippen molar-refractivity contribution in [2.45, 2.75) is 45.8 Å². The summed E-state index contributed by atoms with van der Waals surface area (Å²) >= 11 is 0. The smallest absolute Gasteiger partial charge is 0.149 e. The van der Waals surface area contributed by atoms with Gasteiger partial charge in [-0.25, -0.2) is 9.97 Å². The predicted molar refractivity (Wildman–Crippen MR) is 83.3 cm³/mol. The lowest BCUT2D eigenvalue weighted by molar-refractivity contribution is 0.185. The molecule has 0 spiro atoms. The predicted octanol–water partition coefficient (Wildman–Crippen LogP) is 1.69. The zero-order valence-corrected chi connectivity index (χ0v) is 13.7. The first kappa shape index (κ1) is 16.5. The van der Waals surface area contributed by atoms with E-state index in [2.05, 4.69) is 46.3 Å². The van der Waals surface area contributed by atoms with E-state index >= 15 is 0 Å². The second-order valence-corrected chi connectivity index (χ2v) is 5.58. The van der Waals surface area contributed by atoms with Crippen LogP contribution < -0.4 is 5.32 Å². The van der Waals surface area contributed by atoms with Crippen molar-refractivity contribution in [2.24, 2.45) is 0 Å². The number of hydrogen-bond acceptors (Lipinski definition) is 6. The minimum Gasteiger partial charge on any atom is -0.383 e. The van der Waals surface area contributed by atoms with Crippen LogP contribution in [-0.2, 0) is 17.8 Å². The van der Waals surface area contributed by atoms with Gasteiger partial charge in [-0.3, -0.25) is 0 Å². The molecule has 0 bridgehead atoms. The lowest BCUT2D eigenvalue weighted by Crippen LogP contribution is -2.22. The lowest BCUT2D eigenvalue weighted by atomic mass is 10.2. The van der Waals surface area contributed by atoms with Crippen molar-refractivity contribution in [2.75, 3.05) is 13.7 Å². The summed E-state index contributed by atoms with van der Waals surface area (Å²) in [6.45, 7) is 8.32. The highest BCUT2D eigenvalue weighted by atomic mass is 16.5. The summed E-state index contributed by atoms with van der Waals surface area (Å²) < 4.78 is 7.10. The Morgan fingerprint density at radius 1 is 1.23 bits per heavy atom. The third kappa shape index (κ3) is 4.32. The maximum Gasteiger partial charge on any atom is 0.149 e. The topological polar surface area (TPSA) is 77.8 Å². The zero-order chi connectivity index (χ0) is 15.9. The highest BCUT2D eigenvalue weighted by Crippen LogP contribution is 2.11. The van der Waals surface area contributed by atoms with Crippen molar-refractivity contribution in [1.29, 1.82) is 0 Å². The molecule has 2 aromatic rings.